The second kappa shape index (κ2) is 7.13. The van der Waals surface area contributed by atoms with Crippen LogP contribution in [0.25, 0.3) is 10.6 Å². The molecule has 1 saturated heterocycles. The van der Waals surface area contributed by atoms with Crippen LogP contribution in [0.2, 0.25) is 0 Å². The van der Waals surface area contributed by atoms with Crippen molar-refractivity contribution in [2.75, 3.05) is 19.7 Å². The lowest BCUT2D eigenvalue weighted by atomic mass is 10.2. The Hall–Kier alpha value is -1.88. The van der Waals surface area contributed by atoms with Gasteiger partial charge in [-0.15, -0.1) is 11.3 Å². The van der Waals surface area contributed by atoms with Gasteiger partial charge in [-0.3, -0.25) is 4.79 Å². The van der Waals surface area contributed by atoms with E-state index in [9.17, 15) is 4.79 Å². The van der Waals surface area contributed by atoms with E-state index in [0.717, 1.165) is 42.3 Å². The monoisotopic (exact) mass is 330 g/mol. The SMILES string of the molecule is CC(C)COc1ccccc1-c1nc(C(=O)N2CCCC2)cs1. The van der Waals surface area contributed by atoms with Crippen LogP contribution in [0.1, 0.15) is 37.2 Å². The van der Waals surface area contributed by atoms with E-state index in [2.05, 4.69) is 18.8 Å². The molecule has 0 bridgehead atoms. The Morgan fingerprint density at radius 1 is 1.30 bits per heavy atom. The van der Waals surface area contributed by atoms with Gasteiger partial charge >= 0.3 is 0 Å². The highest BCUT2D eigenvalue weighted by atomic mass is 32.1. The molecule has 0 aliphatic carbocycles. The van der Waals surface area contributed by atoms with Crippen molar-refractivity contribution in [2.24, 2.45) is 5.92 Å². The van der Waals surface area contributed by atoms with E-state index in [1.165, 1.54) is 11.3 Å². The lowest BCUT2D eigenvalue weighted by Crippen LogP contribution is -2.27. The molecule has 3 rings (SSSR count). The Bertz CT molecular complexity index is 675. The number of benzene rings is 1. The maximum atomic E-state index is 12.4. The maximum absolute atomic E-state index is 12.4. The predicted molar refractivity (Wildman–Crippen MR) is 93.0 cm³/mol. The number of hydrogen-bond acceptors (Lipinski definition) is 4. The molecule has 23 heavy (non-hydrogen) atoms. The highest BCUT2D eigenvalue weighted by molar-refractivity contribution is 7.13. The molecule has 1 amide bonds. The molecule has 2 aromatic rings. The molecule has 2 heterocycles. The molecule has 122 valence electrons. The fraction of sp³-hybridized carbons (Fsp3) is 0.444. The number of likely N-dealkylation sites (tertiary alicyclic amines) is 1. The van der Waals surface area contributed by atoms with E-state index >= 15 is 0 Å². The van der Waals surface area contributed by atoms with Crippen LogP contribution in [0.4, 0.5) is 0 Å². The zero-order chi connectivity index (χ0) is 16.2. The van der Waals surface area contributed by atoms with Crippen molar-refractivity contribution in [1.29, 1.82) is 0 Å². The van der Waals surface area contributed by atoms with Gasteiger partial charge in [0.25, 0.3) is 5.91 Å². The van der Waals surface area contributed by atoms with Crippen LogP contribution in [0.5, 0.6) is 5.75 Å². The summed E-state index contributed by atoms with van der Waals surface area (Å²) >= 11 is 1.50. The number of hydrogen-bond donors (Lipinski definition) is 0. The first kappa shape index (κ1) is 16.0. The normalized spacial score (nSPS) is 14.5. The van der Waals surface area contributed by atoms with E-state index < -0.39 is 0 Å². The number of aromatic nitrogens is 1. The van der Waals surface area contributed by atoms with Gasteiger partial charge in [0.15, 0.2) is 0 Å². The van der Waals surface area contributed by atoms with Crippen LogP contribution in [-0.2, 0) is 0 Å². The number of carbonyl (C=O) groups excluding carboxylic acids is 1. The molecular weight excluding hydrogens is 308 g/mol. The van der Waals surface area contributed by atoms with Crippen LogP contribution in [0, 0.1) is 5.92 Å². The Kier molecular flexibility index (Phi) is 4.96. The standard InChI is InChI=1S/C18H22N2O2S/c1-13(2)11-22-16-8-4-3-7-14(16)17-19-15(12-23-17)18(21)20-9-5-6-10-20/h3-4,7-8,12-13H,5-6,9-11H2,1-2H3. The summed E-state index contributed by atoms with van der Waals surface area (Å²) in [6.07, 6.45) is 2.18. The van der Waals surface area contributed by atoms with Crippen molar-refractivity contribution >= 4 is 17.2 Å². The Morgan fingerprint density at radius 3 is 2.78 bits per heavy atom. The number of thiazole rings is 1. The summed E-state index contributed by atoms with van der Waals surface area (Å²) in [7, 11) is 0. The molecule has 1 aromatic carbocycles. The predicted octanol–water partition coefficient (Wildman–Crippen LogP) is 4.08. The number of ether oxygens (including phenoxy) is 1. The quantitative estimate of drug-likeness (QED) is 0.829. The van der Waals surface area contributed by atoms with E-state index in [0.29, 0.717) is 18.2 Å². The van der Waals surface area contributed by atoms with Crippen molar-refractivity contribution in [3.05, 3.63) is 35.3 Å². The smallest absolute Gasteiger partial charge is 0.273 e. The fourth-order valence-corrected chi connectivity index (χ4v) is 3.43. The third kappa shape index (κ3) is 3.72. The maximum Gasteiger partial charge on any atom is 0.273 e. The number of carbonyl (C=O) groups is 1. The van der Waals surface area contributed by atoms with E-state index in [1.807, 2.05) is 34.5 Å². The van der Waals surface area contributed by atoms with Crippen molar-refractivity contribution in [3.8, 4) is 16.3 Å². The minimum atomic E-state index is 0.0468. The van der Waals surface area contributed by atoms with Gasteiger partial charge in [0.2, 0.25) is 0 Å². The largest absolute Gasteiger partial charge is 0.493 e. The zero-order valence-electron chi connectivity index (χ0n) is 13.6. The van der Waals surface area contributed by atoms with Crippen molar-refractivity contribution < 1.29 is 9.53 Å². The molecule has 4 nitrogen and oxygen atoms in total. The number of para-hydroxylation sites is 1. The highest BCUT2D eigenvalue weighted by Crippen LogP contribution is 2.32. The van der Waals surface area contributed by atoms with Crippen molar-refractivity contribution in [2.45, 2.75) is 26.7 Å². The molecule has 0 saturated carbocycles. The van der Waals surface area contributed by atoms with Crippen LogP contribution < -0.4 is 4.74 Å². The van der Waals surface area contributed by atoms with Crippen LogP contribution >= 0.6 is 11.3 Å². The van der Waals surface area contributed by atoms with Crippen LogP contribution in [-0.4, -0.2) is 35.5 Å². The Labute approximate surface area is 141 Å². The third-order valence-electron chi connectivity index (χ3n) is 3.81. The minimum Gasteiger partial charge on any atom is -0.493 e. The Morgan fingerprint density at radius 2 is 2.04 bits per heavy atom. The van der Waals surface area contributed by atoms with Crippen molar-refractivity contribution in [1.82, 2.24) is 9.88 Å². The van der Waals surface area contributed by atoms with E-state index in [1.54, 1.807) is 0 Å². The van der Waals surface area contributed by atoms with Gasteiger partial charge in [0, 0.05) is 18.5 Å². The Balaban J connectivity index is 1.81. The lowest BCUT2D eigenvalue weighted by Gasteiger charge is -2.13. The van der Waals surface area contributed by atoms with Gasteiger partial charge in [-0.05, 0) is 30.9 Å². The van der Waals surface area contributed by atoms with Crippen LogP contribution in [0.3, 0.4) is 0 Å². The van der Waals surface area contributed by atoms with E-state index in [4.69, 9.17) is 4.74 Å². The summed E-state index contributed by atoms with van der Waals surface area (Å²) in [6.45, 7) is 6.61. The molecule has 0 radical (unpaired) electrons. The minimum absolute atomic E-state index is 0.0468. The van der Waals surface area contributed by atoms with Crippen LogP contribution in [0.15, 0.2) is 29.6 Å². The average molecular weight is 330 g/mol. The molecule has 1 fully saturated rings. The first-order valence-corrected chi connectivity index (χ1v) is 9.00. The first-order valence-electron chi connectivity index (χ1n) is 8.12. The van der Waals surface area contributed by atoms with Gasteiger partial charge in [0.05, 0.1) is 12.2 Å². The summed E-state index contributed by atoms with van der Waals surface area (Å²) in [5.41, 5.74) is 1.50. The molecule has 0 N–H and O–H groups in total. The van der Waals surface area contributed by atoms with Gasteiger partial charge in [-0.25, -0.2) is 4.98 Å². The molecule has 5 heteroatoms. The molecule has 0 spiro atoms. The van der Waals surface area contributed by atoms with Gasteiger partial charge in [0.1, 0.15) is 16.5 Å². The average Bonchev–Trinajstić information content (AvgIpc) is 3.24. The van der Waals surface area contributed by atoms with Gasteiger partial charge in [-0.2, -0.15) is 0 Å². The van der Waals surface area contributed by atoms with Gasteiger partial charge < -0.3 is 9.64 Å². The number of rotatable bonds is 5. The number of amides is 1. The topological polar surface area (TPSA) is 42.4 Å². The number of nitrogens with zero attached hydrogens (tertiary/aromatic N) is 2. The second-order valence-corrected chi connectivity index (χ2v) is 7.10. The summed E-state index contributed by atoms with van der Waals surface area (Å²) in [5, 5.41) is 2.70. The summed E-state index contributed by atoms with van der Waals surface area (Å²) in [4.78, 5) is 18.9. The molecule has 1 aliphatic heterocycles. The lowest BCUT2D eigenvalue weighted by molar-refractivity contribution is 0.0788. The first-order chi connectivity index (χ1) is 11.1. The molecule has 1 aliphatic rings. The highest BCUT2D eigenvalue weighted by Gasteiger charge is 2.22. The van der Waals surface area contributed by atoms with E-state index in [-0.39, 0.29) is 5.91 Å². The summed E-state index contributed by atoms with van der Waals surface area (Å²) in [5.74, 6) is 1.34. The molecular formula is C18H22N2O2S. The second-order valence-electron chi connectivity index (χ2n) is 6.24. The molecule has 0 atom stereocenters. The third-order valence-corrected chi connectivity index (χ3v) is 4.68. The molecule has 1 aromatic heterocycles. The molecule has 0 unspecified atom stereocenters. The van der Waals surface area contributed by atoms with Gasteiger partial charge in [-0.1, -0.05) is 26.0 Å². The fourth-order valence-electron chi connectivity index (χ4n) is 2.60. The summed E-state index contributed by atoms with van der Waals surface area (Å²) in [6, 6.07) is 7.89. The van der Waals surface area contributed by atoms with Crippen molar-refractivity contribution in [3.63, 3.8) is 0 Å². The zero-order valence-corrected chi connectivity index (χ0v) is 14.4. The summed E-state index contributed by atoms with van der Waals surface area (Å²) < 4.78 is 5.89.